The lowest BCUT2D eigenvalue weighted by Gasteiger charge is -2.12. The minimum absolute atomic E-state index is 0.0783. The Morgan fingerprint density at radius 3 is 0.574 bits per heavy atom. The molecule has 12 nitrogen and oxygen atoms in total. The van der Waals surface area contributed by atoms with Gasteiger partial charge in [-0.25, -0.2) is 0 Å². The lowest BCUT2D eigenvalue weighted by molar-refractivity contribution is 0.0922. The van der Waals surface area contributed by atoms with Crippen LogP contribution in [0.1, 0.15) is 102 Å². The summed E-state index contributed by atoms with van der Waals surface area (Å²) in [6.07, 6.45) is 1.37. The number of halogens is 1. The smallest absolute Gasteiger partial charge is 0.176 e. The molecular formula is C102H97BrN2O10. The molecular weight excluding hydrogens is 1490 g/mol. The molecule has 0 aliphatic carbocycles. The van der Waals surface area contributed by atoms with Crippen LogP contribution in [-0.4, -0.2) is 22.2 Å². The van der Waals surface area contributed by atoms with Gasteiger partial charge in [0.25, 0.3) is 0 Å². The van der Waals surface area contributed by atoms with Gasteiger partial charge in [0, 0.05) is 39.9 Å². The Bertz CT molecular complexity index is 4800. The summed E-state index contributed by atoms with van der Waals surface area (Å²) in [5.41, 5.74) is 24.9. The van der Waals surface area contributed by atoms with Crippen LogP contribution in [0.2, 0.25) is 0 Å². The largest absolute Gasteiger partial charge is 0.489 e. The lowest BCUT2D eigenvalue weighted by Crippen LogP contribution is -2.14. The highest BCUT2D eigenvalue weighted by Gasteiger charge is 2.19. The molecule has 3 atom stereocenters. The SMILES string of the molecule is CC(Br)C(=O)c1ccc(OCc2ccccc2)cc1.CC(Cc1ccc(OCc2ccccc2)cc1)C(=O)c1ccc(OCc2ccccc2)cc1.CC(Cc1ccc(OCc2ccccc2)cc1)C(=O)c1ccc(OCc2ccccc2)cc1.Nc1ccc(OCc2ccccc2)cc1.Nc1ccc(OCc2ccccc2)cc1. The molecule has 14 aromatic carbocycles. The van der Waals surface area contributed by atoms with Crippen LogP contribution in [0.5, 0.6) is 40.2 Å². The maximum atomic E-state index is 12.9. The predicted octanol–water partition coefficient (Wildman–Crippen LogP) is 23.7. The maximum Gasteiger partial charge on any atom is 0.176 e. The van der Waals surface area contributed by atoms with Gasteiger partial charge in [-0.3, -0.25) is 14.4 Å². The third-order valence-corrected chi connectivity index (χ3v) is 18.5. The minimum Gasteiger partial charge on any atom is -0.489 e. The summed E-state index contributed by atoms with van der Waals surface area (Å²) < 4.78 is 40.2. The van der Waals surface area contributed by atoms with Gasteiger partial charge in [-0.05, 0) is 215 Å². The van der Waals surface area contributed by atoms with Crippen LogP contribution in [-0.2, 0) is 59.1 Å². The van der Waals surface area contributed by atoms with Gasteiger partial charge in [0.2, 0.25) is 0 Å². The number of hydrogen-bond donors (Lipinski definition) is 2. The van der Waals surface area contributed by atoms with E-state index in [-0.39, 0.29) is 34.0 Å². The molecule has 0 bridgehead atoms. The Morgan fingerprint density at radius 1 is 0.226 bits per heavy atom. The van der Waals surface area contributed by atoms with E-state index in [0.717, 1.165) is 102 Å². The Kier molecular flexibility index (Phi) is 34.1. The molecule has 0 spiro atoms. The van der Waals surface area contributed by atoms with Crippen molar-refractivity contribution in [1.82, 2.24) is 0 Å². The van der Waals surface area contributed by atoms with E-state index in [1.165, 1.54) is 0 Å². The first-order valence-corrected chi connectivity index (χ1v) is 39.2. The van der Waals surface area contributed by atoms with E-state index in [2.05, 4.69) is 15.9 Å². The van der Waals surface area contributed by atoms with E-state index in [0.29, 0.717) is 75.8 Å². The molecule has 0 aromatic heterocycles. The lowest BCUT2D eigenvalue weighted by atomic mass is 9.93. The summed E-state index contributed by atoms with van der Waals surface area (Å²) in [7, 11) is 0. The van der Waals surface area contributed by atoms with Crippen LogP contribution in [0.4, 0.5) is 11.4 Å². The fourth-order valence-corrected chi connectivity index (χ4v) is 11.9. The average molecular weight is 1590 g/mol. The highest BCUT2D eigenvalue weighted by molar-refractivity contribution is 9.10. The number of Topliss-reactive ketones (excluding diaryl/α,β-unsaturated/α-hetero) is 3. The average Bonchev–Trinajstić information content (AvgIpc) is 0.859. The molecule has 115 heavy (non-hydrogen) atoms. The molecule has 0 fully saturated rings. The molecule has 4 N–H and O–H groups in total. The summed E-state index contributed by atoms with van der Waals surface area (Å²) >= 11 is 3.28. The van der Waals surface area contributed by atoms with Crippen LogP contribution in [0.25, 0.3) is 0 Å². The highest BCUT2D eigenvalue weighted by Crippen LogP contribution is 2.26. The van der Waals surface area contributed by atoms with Crippen molar-refractivity contribution in [3.05, 3.63) is 449 Å². The first-order valence-electron chi connectivity index (χ1n) is 38.3. The van der Waals surface area contributed by atoms with Crippen LogP contribution in [0.15, 0.2) is 382 Å². The van der Waals surface area contributed by atoms with Crippen LogP contribution in [0.3, 0.4) is 0 Å². The van der Waals surface area contributed by atoms with E-state index < -0.39 is 0 Å². The molecule has 14 rings (SSSR count). The zero-order valence-corrected chi connectivity index (χ0v) is 66.7. The summed E-state index contributed by atoms with van der Waals surface area (Å²) in [6.45, 7) is 9.58. The van der Waals surface area contributed by atoms with Gasteiger partial charge in [-0.15, -0.1) is 0 Å². The van der Waals surface area contributed by atoms with Gasteiger partial charge in [-0.2, -0.15) is 0 Å². The van der Waals surface area contributed by atoms with Crippen LogP contribution in [0, 0.1) is 11.8 Å². The summed E-state index contributed by atoms with van der Waals surface area (Å²) in [5.74, 6) is 5.74. The molecule has 0 aliphatic rings. The third kappa shape index (κ3) is 30.4. The van der Waals surface area contributed by atoms with E-state index in [1.54, 1.807) is 12.1 Å². The third-order valence-electron chi connectivity index (χ3n) is 18.1. The Balaban J connectivity index is 0.000000159. The number of carbonyl (C=O) groups excluding carboxylic acids is 3. The Labute approximate surface area is 685 Å². The summed E-state index contributed by atoms with van der Waals surface area (Å²) in [4.78, 5) is 37.4. The number of ketones is 3. The molecule has 0 aliphatic heterocycles. The molecule has 13 heteroatoms. The predicted molar refractivity (Wildman–Crippen MR) is 466 cm³/mol. The van der Waals surface area contributed by atoms with Gasteiger partial charge >= 0.3 is 0 Å². The molecule has 0 saturated heterocycles. The highest BCUT2D eigenvalue weighted by atomic mass is 79.9. The van der Waals surface area contributed by atoms with E-state index >= 15 is 0 Å². The minimum atomic E-state index is -0.163. The normalized spacial score (nSPS) is 11.2. The topological polar surface area (TPSA) is 168 Å². The quantitative estimate of drug-likeness (QED) is 0.0240. The number of rotatable bonds is 31. The number of ether oxygens (including phenoxy) is 7. The second-order valence-electron chi connectivity index (χ2n) is 27.3. The van der Waals surface area contributed by atoms with Crippen LogP contribution >= 0.6 is 15.9 Å². The molecule has 0 heterocycles. The molecule has 0 saturated carbocycles. The number of alkyl halides is 1. The number of benzene rings is 14. The number of nitrogen functional groups attached to an aromatic ring is 2. The number of nitrogens with two attached hydrogens (primary N) is 2. The van der Waals surface area contributed by atoms with Crippen molar-refractivity contribution in [2.75, 3.05) is 11.5 Å². The van der Waals surface area contributed by atoms with Gasteiger partial charge in [0.05, 0.1) is 4.83 Å². The van der Waals surface area contributed by atoms with Crippen molar-refractivity contribution in [3.63, 3.8) is 0 Å². The fraction of sp³-hybridized carbons (Fsp3) is 0.147. The second-order valence-corrected chi connectivity index (χ2v) is 28.7. The number of anilines is 2. The standard InChI is InChI=1S/2C30H28O3.C16H15BrO2.2C13H13NO/c2*1-23(20-24-12-16-28(17-13-24)32-21-25-8-4-2-5-9-25)30(31)27-14-18-29(19-15-27)33-22-26-10-6-3-7-11-26;1-12(17)16(18)14-7-9-15(10-8-14)19-11-13-5-3-2-4-6-13;2*14-12-6-8-13(9-7-12)15-10-11-4-2-1-3-5-11/h2*2-19,23H,20-22H2,1H3;2-10,12H,11H2,1H3;2*1-9H,10,14H2. The van der Waals surface area contributed by atoms with Crippen molar-refractivity contribution in [3.8, 4) is 40.2 Å². The van der Waals surface area contributed by atoms with Crippen molar-refractivity contribution in [1.29, 1.82) is 0 Å². The van der Waals surface area contributed by atoms with Gasteiger partial charge < -0.3 is 44.6 Å². The number of carbonyl (C=O) groups is 3. The van der Waals surface area contributed by atoms with E-state index in [9.17, 15) is 14.4 Å². The van der Waals surface area contributed by atoms with Gasteiger partial charge in [0.1, 0.15) is 86.5 Å². The molecule has 14 aromatic rings. The van der Waals surface area contributed by atoms with E-state index in [1.807, 2.05) is 391 Å². The van der Waals surface area contributed by atoms with Gasteiger partial charge in [-0.1, -0.05) is 266 Å². The monoisotopic (exact) mass is 1590 g/mol. The zero-order chi connectivity index (χ0) is 80.4. The van der Waals surface area contributed by atoms with Crippen molar-refractivity contribution in [2.24, 2.45) is 11.8 Å². The molecule has 0 amide bonds. The van der Waals surface area contributed by atoms with Crippen molar-refractivity contribution in [2.45, 2.75) is 84.7 Å². The first-order chi connectivity index (χ1) is 56.2. The van der Waals surface area contributed by atoms with Crippen LogP contribution < -0.4 is 44.6 Å². The Morgan fingerprint density at radius 2 is 0.391 bits per heavy atom. The second kappa shape index (κ2) is 46.6. The fourth-order valence-electron chi connectivity index (χ4n) is 11.6. The molecule has 3 unspecified atom stereocenters. The summed E-state index contributed by atoms with van der Waals surface area (Å²) in [5, 5.41) is 0. The van der Waals surface area contributed by atoms with E-state index in [4.69, 9.17) is 44.6 Å². The maximum absolute atomic E-state index is 12.9. The number of hydrogen-bond acceptors (Lipinski definition) is 12. The Hall–Kier alpha value is -13.2. The molecule has 582 valence electrons. The van der Waals surface area contributed by atoms with Crippen molar-refractivity contribution < 1.29 is 47.5 Å². The molecule has 0 radical (unpaired) electrons. The first kappa shape index (κ1) is 84.2. The van der Waals surface area contributed by atoms with Gasteiger partial charge in [0.15, 0.2) is 17.3 Å². The summed E-state index contributed by atoms with van der Waals surface area (Å²) in [6, 6.07) is 123. The van der Waals surface area contributed by atoms with Crippen molar-refractivity contribution >= 4 is 44.7 Å². The zero-order valence-electron chi connectivity index (χ0n) is 65.1.